The van der Waals surface area contributed by atoms with Crippen LogP contribution in [-0.2, 0) is 11.2 Å². The quantitative estimate of drug-likeness (QED) is 0.671. The molecule has 4 rings (SSSR count). The average Bonchev–Trinajstić information content (AvgIpc) is 2.82. The molecule has 1 N–H and O–H groups in total. The highest BCUT2D eigenvalue weighted by Gasteiger charge is 2.29. The zero-order valence-electron chi connectivity index (χ0n) is 17.1. The molecule has 154 valence electrons. The van der Waals surface area contributed by atoms with Crippen LogP contribution in [0.5, 0.6) is 17.2 Å². The first-order chi connectivity index (χ1) is 14.7. The molecule has 0 unspecified atom stereocenters. The molecule has 0 fully saturated rings. The molecule has 2 atom stereocenters. The SMILES string of the molecule is COc1cccc([C@@H](NC(=O)[C@@H]2COc3ccc(OC)cc3C2)c2ccccc2)c1. The van der Waals surface area contributed by atoms with Crippen LogP contribution in [-0.4, -0.2) is 26.7 Å². The molecule has 0 saturated heterocycles. The molecule has 0 aromatic heterocycles. The summed E-state index contributed by atoms with van der Waals surface area (Å²) in [4.78, 5) is 13.2. The van der Waals surface area contributed by atoms with E-state index in [9.17, 15) is 4.79 Å². The molecule has 0 aliphatic carbocycles. The second kappa shape index (κ2) is 8.91. The van der Waals surface area contributed by atoms with Crippen LogP contribution in [0, 0.1) is 5.92 Å². The number of rotatable bonds is 6. The monoisotopic (exact) mass is 403 g/mol. The van der Waals surface area contributed by atoms with E-state index in [1.807, 2.05) is 72.8 Å². The first-order valence-electron chi connectivity index (χ1n) is 9.97. The molecule has 3 aromatic carbocycles. The van der Waals surface area contributed by atoms with Crippen molar-refractivity contribution in [2.45, 2.75) is 12.5 Å². The fourth-order valence-electron chi connectivity index (χ4n) is 3.75. The van der Waals surface area contributed by atoms with Crippen molar-refractivity contribution in [3.8, 4) is 17.2 Å². The Bertz CT molecular complexity index is 1020. The number of methoxy groups -OCH3 is 2. The Morgan fingerprint density at radius 2 is 1.67 bits per heavy atom. The average molecular weight is 403 g/mol. The van der Waals surface area contributed by atoms with Crippen molar-refractivity contribution in [1.29, 1.82) is 0 Å². The van der Waals surface area contributed by atoms with Crippen LogP contribution in [0.25, 0.3) is 0 Å². The maximum atomic E-state index is 13.2. The van der Waals surface area contributed by atoms with Gasteiger partial charge in [0, 0.05) is 0 Å². The van der Waals surface area contributed by atoms with Crippen LogP contribution in [0.3, 0.4) is 0 Å². The second-order valence-corrected chi connectivity index (χ2v) is 7.31. The lowest BCUT2D eigenvalue weighted by molar-refractivity contribution is -0.126. The molecule has 5 nitrogen and oxygen atoms in total. The number of nitrogens with one attached hydrogen (secondary N) is 1. The summed E-state index contributed by atoms with van der Waals surface area (Å²) in [5.41, 5.74) is 2.96. The number of fused-ring (bicyclic) bond motifs is 1. The van der Waals surface area contributed by atoms with E-state index in [1.165, 1.54) is 0 Å². The highest BCUT2D eigenvalue weighted by molar-refractivity contribution is 5.80. The smallest absolute Gasteiger partial charge is 0.227 e. The summed E-state index contributed by atoms with van der Waals surface area (Å²) in [6, 6.07) is 23.1. The van der Waals surface area contributed by atoms with Gasteiger partial charge in [0.25, 0.3) is 0 Å². The van der Waals surface area contributed by atoms with Crippen molar-refractivity contribution < 1.29 is 19.0 Å². The standard InChI is InChI=1S/C25H25NO4/c1-28-21-10-6-9-18(14-21)24(17-7-4-3-5-8-17)26-25(27)20-13-19-15-22(29-2)11-12-23(19)30-16-20/h3-12,14-15,20,24H,13,16H2,1-2H3,(H,26,27)/t20-,24-/m0/s1. The normalized spacial score (nSPS) is 16.0. The van der Waals surface area contributed by atoms with Crippen molar-refractivity contribution >= 4 is 5.91 Å². The van der Waals surface area contributed by atoms with Crippen LogP contribution >= 0.6 is 0 Å². The number of hydrogen-bond acceptors (Lipinski definition) is 4. The molecule has 1 amide bonds. The van der Waals surface area contributed by atoms with Crippen LogP contribution in [0.15, 0.2) is 72.8 Å². The molecule has 0 spiro atoms. The largest absolute Gasteiger partial charge is 0.497 e. The van der Waals surface area contributed by atoms with E-state index in [4.69, 9.17) is 14.2 Å². The minimum atomic E-state index is -0.277. The Kier molecular flexibility index (Phi) is 5.89. The number of carbonyl (C=O) groups excluding carboxylic acids is 1. The Morgan fingerprint density at radius 3 is 2.43 bits per heavy atom. The van der Waals surface area contributed by atoms with Gasteiger partial charge in [-0.1, -0.05) is 42.5 Å². The maximum absolute atomic E-state index is 13.2. The van der Waals surface area contributed by atoms with Crippen molar-refractivity contribution in [3.05, 3.63) is 89.5 Å². The first kappa shape index (κ1) is 19.8. The minimum Gasteiger partial charge on any atom is -0.497 e. The fraction of sp³-hybridized carbons (Fsp3) is 0.240. The van der Waals surface area contributed by atoms with E-state index in [0.717, 1.165) is 33.9 Å². The molecule has 1 aliphatic rings. The third kappa shape index (κ3) is 4.25. The Hall–Kier alpha value is -3.47. The van der Waals surface area contributed by atoms with Gasteiger partial charge in [-0.25, -0.2) is 0 Å². The third-order valence-electron chi connectivity index (χ3n) is 5.39. The molecular weight excluding hydrogens is 378 g/mol. The van der Waals surface area contributed by atoms with E-state index < -0.39 is 0 Å². The van der Waals surface area contributed by atoms with Crippen LogP contribution in [0.2, 0.25) is 0 Å². The highest BCUT2D eigenvalue weighted by atomic mass is 16.5. The highest BCUT2D eigenvalue weighted by Crippen LogP contribution is 2.32. The van der Waals surface area contributed by atoms with Gasteiger partial charge in [-0.3, -0.25) is 4.79 Å². The van der Waals surface area contributed by atoms with Gasteiger partial charge in [0.2, 0.25) is 5.91 Å². The Labute approximate surface area is 176 Å². The minimum absolute atomic E-state index is 0.0415. The maximum Gasteiger partial charge on any atom is 0.227 e. The Balaban J connectivity index is 1.57. The number of benzene rings is 3. The van der Waals surface area contributed by atoms with E-state index >= 15 is 0 Å². The second-order valence-electron chi connectivity index (χ2n) is 7.31. The number of carbonyl (C=O) groups is 1. The van der Waals surface area contributed by atoms with Crippen LogP contribution in [0.4, 0.5) is 0 Å². The molecule has 0 saturated carbocycles. The number of hydrogen-bond donors (Lipinski definition) is 1. The molecular formula is C25H25NO4. The summed E-state index contributed by atoms with van der Waals surface area (Å²) >= 11 is 0. The first-order valence-corrected chi connectivity index (χ1v) is 9.97. The lowest BCUT2D eigenvalue weighted by Crippen LogP contribution is -2.39. The topological polar surface area (TPSA) is 56.8 Å². The summed E-state index contributed by atoms with van der Waals surface area (Å²) < 4.78 is 16.5. The zero-order chi connectivity index (χ0) is 20.9. The van der Waals surface area contributed by atoms with Gasteiger partial charge in [-0.05, 0) is 53.4 Å². The number of amides is 1. The summed E-state index contributed by atoms with van der Waals surface area (Å²) in [6.07, 6.45) is 0.609. The van der Waals surface area contributed by atoms with Gasteiger partial charge in [0.1, 0.15) is 23.9 Å². The summed E-state index contributed by atoms with van der Waals surface area (Å²) in [6.45, 7) is 0.352. The zero-order valence-corrected chi connectivity index (χ0v) is 17.1. The molecule has 30 heavy (non-hydrogen) atoms. The van der Waals surface area contributed by atoms with E-state index in [1.54, 1.807) is 14.2 Å². The molecule has 5 heteroatoms. The van der Waals surface area contributed by atoms with Gasteiger partial charge in [-0.15, -0.1) is 0 Å². The van der Waals surface area contributed by atoms with Crippen LogP contribution < -0.4 is 19.5 Å². The molecule has 1 aliphatic heterocycles. The van der Waals surface area contributed by atoms with E-state index in [2.05, 4.69) is 5.32 Å². The van der Waals surface area contributed by atoms with Crippen molar-refractivity contribution in [2.24, 2.45) is 5.92 Å². The van der Waals surface area contributed by atoms with Crippen molar-refractivity contribution in [2.75, 3.05) is 20.8 Å². The van der Waals surface area contributed by atoms with Gasteiger partial charge in [0.05, 0.1) is 26.2 Å². The summed E-state index contributed by atoms with van der Waals surface area (Å²) in [7, 11) is 3.27. The van der Waals surface area contributed by atoms with E-state index in [-0.39, 0.29) is 17.9 Å². The van der Waals surface area contributed by atoms with Gasteiger partial charge >= 0.3 is 0 Å². The molecule has 0 radical (unpaired) electrons. The molecule has 1 heterocycles. The van der Waals surface area contributed by atoms with Gasteiger partial charge in [-0.2, -0.15) is 0 Å². The Morgan fingerprint density at radius 1 is 0.933 bits per heavy atom. The fourth-order valence-corrected chi connectivity index (χ4v) is 3.75. The predicted octanol–water partition coefficient (Wildman–Crippen LogP) is 4.16. The van der Waals surface area contributed by atoms with Crippen LogP contribution in [0.1, 0.15) is 22.7 Å². The lowest BCUT2D eigenvalue weighted by atomic mass is 9.93. The number of ether oxygens (including phenoxy) is 3. The molecule has 0 bridgehead atoms. The lowest BCUT2D eigenvalue weighted by Gasteiger charge is -2.27. The summed E-state index contributed by atoms with van der Waals surface area (Å²) in [5.74, 6) is 2.01. The van der Waals surface area contributed by atoms with Crippen molar-refractivity contribution in [1.82, 2.24) is 5.32 Å². The van der Waals surface area contributed by atoms with Crippen molar-refractivity contribution in [3.63, 3.8) is 0 Å². The van der Waals surface area contributed by atoms with E-state index in [0.29, 0.717) is 13.0 Å². The van der Waals surface area contributed by atoms with Gasteiger partial charge in [0.15, 0.2) is 0 Å². The molecule has 3 aromatic rings. The summed E-state index contributed by atoms with van der Waals surface area (Å²) in [5, 5.41) is 3.22. The van der Waals surface area contributed by atoms with Gasteiger partial charge < -0.3 is 19.5 Å². The third-order valence-corrected chi connectivity index (χ3v) is 5.39. The predicted molar refractivity (Wildman–Crippen MR) is 115 cm³/mol.